The molecule has 0 radical (unpaired) electrons. The van der Waals surface area contributed by atoms with Crippen LogP contribution >= 0.6 is 22.9 Å². The normalized spacial score (nSPS) is 11.6. The van der Waals surface area contributed by atoms with E-state index in [1.807, 2.05) is 0 Å². The highest BCUT2D eigenvalue weighted by atomic mass is 35.5. The third kappa shape index (κ3) is 6.45. The van der Waals surface area contributed by atoms with Gasteiger partial charge in [-0.15, -0.1) is 17.9 Å². The molecule has 8 nitrogen and oxygen atoms in total. The second-order valence-electron chi connectivity index (χ2n) is 7.64. The molecule has 0 aliphatic rings. The highest BCUT2D eigenvalue weighted by Gasteiger charge is 2.37. The zero-order valence-corrected chi connectivity index (χ0v) is 21.5. The standard InChI is InChI=1S/C27H25ClN2O6S/c1-3-15-29(19-9-11-20(36-2)12-10-19)27(35)26(22-8-5-16-37-22)30(23(32)13-14-24(33)34)25-18(17-31)6-4-7-21(25)28/h3-14,16,26,31H,1,15,17H2,2H3,(H,33,34)/b14-13-. The SMILES string of the molecule is C=CCN(C(=O)C(c1cccs1)N(C(=O)/C=C\C(=O)O)c1c(Cl)cccc1CO)c1ccc(OC)cc1. The second-order valence-corrected chi connectivity index (χ2v) is 9.03. The maximum atomic E-state index is 14.3. The van der Waals surface area contributed by atoms with Crippen LogP contribution in [0.25, 0.3) is 0 Å². The molecule has 0 aliphatic carbocycles. The number of amides is 2. The Kier molecular flexibility index (Phi) is 9.62. The van der Waals surface area contributed by atoms with Gasteiger partial charge in [0, 0.05) is 34.8 Å². The minimum Gasteiger partial charge on any atom is -0.497 e. The molecule has 3 rings (SSSR count). The Labute approximate surface area is 223 Å². The van der Waals surface area contributed by atoms with E-state index in [0.717, 1.165) is 11.0 Å². The molecule has 0 saturated carbocycles. The molecular formula is C27H25ClN2O6S. The van der Waals surface area contributed by atoms with E-state index in [2.05, 4.69) is 6.58 Å². The number of carboxylic acid groups (broad SMARTS) is 1. The number of carbonyl (C=O) groups excluding carboxylic acids is 2. The first kappa shape index (κ1) is 27.7. The predicted molar refractivity (Wildman–Crippen MR) is 144 cm³/mol. The van der Waals surface area contributed by atoms with Gasteiger partial charge in [0.2, 0.25) is 0 Å². The summed E-state index contributed by atoms with van der Waals surface area (Å²) in [6.07, 6.45) is 3.09. The maximum absolute atomic E-state index is 14.3. The first-order valence-electron chi connectivity index (χ1n) is 11.0. The first-order valence-corrected chi connectivity index (χ1v) is 12.3. The molecule has 10 heteroatoms. The topological polar surface area (TPSA) is 107 Å². The number of rotatable bonds is 11. The summed E-state index contributed by atoms with van der Waals surface area (Å²) in [5, 5.41) is 21.0. The molecule has 0 saturated heterocycles. The van der Waals surface area contributed by atoms with Crippen LogP contribution in [0.5, 0.6) is 5.75 Å². The summed E-state index contributed by atoms with van der Waals surface area (Å²) in [5.41, 5.74) is 0.924. The number of benzene rings is 2. The zero-order valence-electron chi connectivity index (χ0n) is 19.9. The van der Waals surface area contributed by atoms with Crippen molar-refractivity contribution < 1.29 is 29.3 Å². The minimum atomic E-state index is -1.33. The van der Waals surface area contributed by atoms with Crippen molar-refractivity contribution in [1.82, 2.24) is 0 Å². The number of aliphatic carboxylic acids is 1. The summed E-state index contributed by atoms with van der Waals surface area (Å²) in [5.74, 6) is -2.03. The molecule has 1 unspecified atom stereocenters. The zero-order chi connectivity index (χ0) is 26.9. The molecule has 0 fully saturated rings. The molecule has 2 aromatic carbocycles. The summed E-state index contributed by atoms with van der Waals surface area (Å²) in [7, 11) is 1.53. The van der Waals surface area contributed by atoms with E-state index in [1.54, 1.807) is 60.0 Å². The quantitative estimate of drug-likeness (QED) is 0.266. The van der Waals surface area contributed by atoms with Crippen LogP contribution in [0.3, 0.4) is 0 Å². The van der Waals surface area contributed by atoms with Crippen LogP contribution in [0.15, 0.2) is 84.8 Å². The summed E-state index contributed by atoms with van der Waals surface area (Å²) in [6, 6.07) is 13.7. The van der Waals surface area contributed by atoms with Crippen LogP contribution in [0.1, 0.15) is 16.5 Å². The van der Waals surface area contributed by atoms with E-state index < -0.39 is 30.4 Å². The molecule has 37 heavy (non-hydrogen) atoms. The number of nitrogens with zero attached hydrogens (tertiary/aromatic N) is 2. The number of anilines is 2. The van der Waals surface area contributed by atoms with Crippen LogP contribution in [-0.4, -0.2) is 41.7 Å². The Balaban J connectivity index is 2.25. The van der Waals surface area contributed by atoms with Crippen molar-refractivity contribution in [3.8, 4) is 5.75 Å². The minimum absolute atomic E-state index is 0.103. The number of carbonyl (C=O) groups is 3. The predicted octanol–water partition coefficient (Wildman–Crippen LogP) is 4.84. The van der Waals surface area contributed by atoms with Crippen LogP contribution in [0, 0.1) is 0 Å². The summed E-state index contributed by atoms with van der Waals surface area (Å²) < 4.78 is 5.22. The monoisotopic (exact) mass is 540 g/mol. The summed E-state index contributed by atoms with van der Waals surface area (Å²) in [4.78, 5) is 42.1. The Morgan fingerprint density at radius 2 is 1.84 bits per heavy atom. The lowest BCUT2D eigenvalue weighted by molar-refractivity contribution is -0.131. The number of hydrogen-bond donors (Lipinski definition) is 2. The molecule has 0 aliphatic heterocycles. The number of ether oxygens (including phenoxy) is 1. The number of aliphatic hydroxyl groups excluding tert-OH is 1. The maximum Gasteiger partial charge on any atom is 0.328 e. The van der Waals surface area contributed by atoms with E-state index in [0.29, 0.717) is 28.0 Å². The molecule has 3 aromatic rings. The van der Waals surface area contributed by atoms with Crippen LogP contribution in [0.4, 0.5) is 11.4 Å². The number of aliphatic hydroxyl groups is 1. The highest BCUT2D eigenvalue weighted by Crippen LogP contribution is 2.39. The van der Waals surface area contributed by atoms with Crippen molar-refractivity contribution in [2.24, 2.45) is 0 Å². The third-order valence-corrected chi connectivity index (χ3v) is 6.58. The van der Waals surface area contributed by atoms with Gasteiger partial charge in [0.1, 0.15) is 5.75 Å². The fraction of sp³-hybridized carbons (Fsp3) is 0.148. The number of thiophene rings is 1. The number of halogens is 1. The molecule has 2 amide bonds. The lowest BCUT2D eigenvalue weighted by Crippen LogP contribution is -2.46. The Morgan fingerprint density at radius 3 is 2.41 bits per heavy atom. The van der Waals surface area contributed by atoms with Gasteiger partial charge >= 0.3 is 5.97 Å². The first-order chi connectivity index (χ1) is 17.8. The molecule has 0 bridgehead atoms. The van der Waals surface area contributed by atoms with Gasteiger partial charge in [0.25, 0.3) is 11.8 Å². The van der Waals surface area contributed by atoms with Crippen molar-refractivity contribution in [2.45, 2.75) is 12.6 Å². The number of para-hydroxylation sites is 1. The second kappa shape index (κ2) is 12.9. The van der Waals surface area contributed by atoms with Gasteiger partial charge in [0.05, 0.1) is 24.4 Å². The van der Waals surface area contributed by atoms with Gasteiger partial charge in [-0.25, -0.2) is 4.79 Å². The summed E-state index contributed by atoms with van der Waals surface area (Å²) in [6.45, 7) is 3.42. The van der Waals surface area contributed by atoms with Gasteiger partial charge in [-0.2, -0.15) is 0 Å². The van der Waals surface area contributed by atoms with Gasteiger partial charge in [-0.3, -0.25) is 14.5 Å². The van der Waals surface area contributed by atoms with Crippen LogP contribution in [-0.2, 0) is 21.0 Å². The average Bonchev–Trinajstić information content (AvgIpc) is 3.43. The molecule has 1 aromatic heterocycles. The molecule has 2 N–H and O–H groups in total. The Bertz CT molecular complexity index is 1290. The molecule has 1 atom stereocenters. The van der Waals surface area contributed by atoms with Crippen molar-refractivity contribution in [1.29, 1.82) is 0 Å². The van der Waals surface area contributed by atoms with Gasteiger partial charge in [0.15, 0.2) is 6.04 Å². The lowest BCUT2D eigenvalue weighted by atomic mass is 10.1. The molecular weight excluding hydrogens is 516 g/mol. The number of methoxy groups -OCH3 is 1. The van der Waals surface area contributed by atoms with Crippen molar-refractivity contribution in [3.05, 3.63) is 100 Å². The molecule has 1 heterocycles. The van der Waals surface area contributed by atoms with E-state index in [9.17, 15) is 19.5 Å². The Morgan fingerprint density at radius 1 is 1.11 bits per heavy atom. The third-order valence-electron chi connectivity index (χ3n) is 5.35. The van der Waals surface area contributed by atoms with E-state index in [4.69, 9.17) is 21.4 Å². The van der Waals surface area contributed by atoms with Crippen LogP contribution in [0.2, 0.25) is 5.02 Å². The fourth-order valence-electron chi connectivity index (χ4n) is 3.71. The van der Waals surface area contributed by atoms with Crippen molar-refractivity contribution in [2.75, 3.05) is 23.5 Å². The van der Waals surface area contributed by atoms with E-state index >= 15 is 0 Å². The smallest absolute Gasteiger partial charge is 0.328 e. The number of hydrogen-bond acceptors (Lipinski definition) is 6. The van der Waals surface area contributed by atoms with E-state index in [-0.39, 0.29) is 17.3 Å². The van der Waals surface area contributed by atoms with Crippen LogP contribution < -0.4 is 14.5 Å². The highest BCUT2D eigenvalue weighted by molar-refractivity contribution is 7.10. The Hall–Kier alpha value is -3.92. The summed E-state index contributed by atoms with van der Waals surface area (Å²) >= 11 is 7.76. The van der Waals surface area contributed by atoms with Crippen molar-refractivity contribution >= 4 is 52.1 Å². The largest absolute Gasteiger partial charge is 0.497 e. The van der Waals surface area contributed by atoms with E-state index in [1.165, 1.54) is 29.4 Å². The molecule has 0 spiro atoms. The van der Waals surface area contributed by atoms with Gasteiger partial charge in [-0.05, 0) is 41.8 Å². The lowest BCUT2D eigenvalue weighted by Gasteiger charge is -2.35. The van der Waals surface area contributed by atoms with Gasteiger partial charge in [-0.1, -0.05) is 35.9 Å². The number of carboxylic acids is 1. The molecule has 192 valence electrons. The van der Waals surface area contributed by atoms with Crippen molar-refractivity contribution in [3.63, 3.8) is 0 Å². The average molecular weight is 541 g/mol. The fourth-order valence-corrected chi connectivity index (χ4v) is 4.81. The van der Waals surface area contributed by atoms with Gasteiger partial charge < -0.3 is 19.8 Å².